The van der Waals surface area contributed by atoms with Crippen LogP contribution in [-0.2, 0) is 18.2 Å². The van der Waals surface area contributed by atoms with Gasteiger partial charge >= 0.3 is 23.6 Å². The average Bonchev–Trinajstić information content (AvgIpc) is 3.73. The number of piperazine rings is 2. The van der Waals surface area contributed by atoms with Crippen molar-refractivity contribution >= 4 is 40.3 Å². The standard InChI is InChI=1S/C25H30N4O3.C17H23N3O5/c1-27-22-13-12-19(15-23(22)32-25(27)31)28-16-20-10-11-21(17-28)29(20)24(30)26-14-6-5-9-18-7-3-2-4-8-18;1-17(2,3)25-16(22)19-12-4-5-13(19)10-18(9-12)11-6-7-14(20(23)24)15(21)8-11/h2-4,7-8,12-13,15,20-21H,5-6,9-11,14,16-17H2,1H3,(H,26,30);6-8,12-13,21H,4-5,9-10H2,1-3H3. The Balaban J connectivity index is 0.000000180. The maximum absolute atomic E-state index is 12.9. The molecule has 4 fully saturated rings. The molecule has 4 atom stereocenters. The first-order valence-electron chi connectivity index (χ1n) is 19.9. The molecule has 4 unspecified atom stereocenters. The van der Waals surface area contributed by atoms with Gasteiger partial charge in [-0.2, -0.15) is 0 Å². The van der Waals surface area contributed by atoms with Crippen LogP contribution in [0.2, 0.25) is 0 Å². The van der Waals surface area contributed by atoms with E-state index in [2.05, 4.69) is 44.3 Å². The molecule has 57 heavy (non-hydrogen) atoms. The monoisotopic (exact) mass is 783 g/mol. The van der Waals surface area contributed by atoms with Crippen molar-refractivity contribution in [1.82, 2.24) is 19.7 Å². The molecule has 4 aromatic rings. The van der Waals surface area contributed by atoms with Crippen LogP contribution in [0.5, 0.6) is 5.75 Å². The summed E-state index contributed by atoms with van der Waals surface area (Å²) in [5, 5.41) is 23.8. The maximum Gasteiger partial charge on any atom is 0.419 e. The first-order chi connectivity index (χ1) is 27.3. The van der Waals surface area contributed by atoms with Crippen LogP contribution >= 0.6 is 0 Å². The smallest absolute Gasteiger partial charge is 0.419 e. The predicted octanol–water partition coefficient (Wildman–Crippen LogP) is 6.41. The number of aromatic hydroxyl groups is 1. The lowest BCUT2D eigenvalue weighted by molar-refractivity contribution is -0.385. The van der Waals surface area contributed by atoms with E-state index in [-0.39, 0.29) is 53.5 Å². The van der Waals surface area contributed by atoms with Crippen LogP contribution in [-0.4, -0.2) is 99.0 Å². The summed E-state index contributed by atoms with van der Waals surface area (Å²) < 4.78 is 12.4. The zero-order valence-corrected chi connectivity index (χ0v) is 33.1. The quantitative estimate of drug-likeness (QED) is 0.116. The number of rotatable bonds is 8. The summed E-state index contributed by atoms with van der Waals surface area (Å²) in [5.74, 6) is -0.688. The number of hydrogen-bond acceptors (Lipinski definition) is 10. The van der Waals surface area contributed by atoms with E-state index >= 15 is 0 Å². The number of benzene rings is 3. The summed E-state index contributed by atoms with van der Waals surface area (Å²) in [6, 6.07) is 21.4. The summed E-state index contributed by atoms with van der Waals surface area (Å²) in [4.78, 5) is 55.6. The Hall–Kier alpha value is -5.73. The minimum Gasteiger partial charge on any atom is -0.502 e. The lowest BCUT2D eigenvalue weighted by Gasteiger charge is -2.42. The zero-order chi connectivity index (χ0) is 40.4. The van der Waals surface area contributed by atoms with Gasteiger partial charge in [0.2, 0.25) is 0 Å². The number of urea groups is 1. The highest BCUT2D eigenvalue weighted by Crippen LogP contribution is 2.37. The Bertz CT molecular complexity index is 2120. The van der Waals surface area contributed by atoms with Gasteiger partial charge in [-0.15, -0.1) is 0 Å². The van der Waals surface area contributed by atoms with Crippen molar-refractivity contribution in [2.45, 2.75) is 95.5 Å². The molecule has 2 N–H and O–H groups in total. The van der Waals surface area contributed by atoms with Gasteiger partial charge in [0.15, 0.2) is 11.3 Å². The fourth-order valence-electron chi connectivity index (χ4n) is 8.74. The minimum atomic E-state index is -0.608. The Kier molecular flexibility index (Phi) is 11.4. The number of oxazole rings is 1. The molecule has 1 aromatic heterocycles. The SMILES string of the molecule is CC(C)(C)OC(=O)N1C2CCC1CN(c1ccc([N+](=O)[O-])c(O)c1)C2.Cn1c(=O)oc2cc(N3CC4CCC(C3)N4C(=O)NCCCCc3ccccc3)ccc21. The fourth-order valence-corrected chi connectivity index (χ4v) is 8.74. The van der Waals surface area contributed by atoms with Crippen LogP contribution in [0.1, 0.15) is 64.9 Å². The van der Waals surface area contributed by atoms with Crippen LogP contribution in [0, 0.1) is 10.1 Å². The van der Waals surface area contributed by atoms with Crippen molar-refractivity contribution in [2.75, 3.05) is 42.5 Å². The zero-order valence-electron chi connectivity index (χ0n) is 33.1. The van der Waals surface area contributed by atoms with Gasteiger partial charge in [0.05, 0.1) is 34.6 Å². The first kappa shape index (κ1) is 39.5. The number of ether oxygens (including phenoxy) is 1. The number of aryl methyl sites for hydroxylation is 2. The van der Waals surface area contributed by atoms with E-state index < -0.39 is 10.5 Å². The van der Waals surface area contributed by atoms with Crippen LogP contribution in [0.4, 0.5) is 26.7 Å². The summed E-state index contributed by atoms with van der Waals surface area (Å²) in [5.41, 5.74) is 3.69. The molecule has 0 aliphatic carbocycles. The second-order valence-electron chi connectivity index (χ2n) is 16.6. The van der Waals surface area contributed by atoms with Gasteiger partial charge in [-0.1, -0.05) is 30.3 Å². The van der Waals surface area contributed by atoms with Crippen LogP contribution in [0.3, 0.4) is 0 Å². The molecular weight excluding hydrogens is 731 g/mol. The van der Waals surface area contributed by atoms with Crippen LogP contribution < -0.4 is 20.9 Å². The number of fused-ring (bicyclic) bond motifs is 5. The number of nitro benzene ring substituents is 1. The Morgan fingerprint density at radius 1 is 0.860 bits per heavy atom. The third-order valence-electron chi connectivity index (χ3n) is 11.5. The van der Waals surface area contributed by atoms with Crippen molar-refractivity contribution in [3.8, 4) is 5.75 Å². The highest BCUT2D eigenvalue weighted by Gasteiger charge is 2.45. The third kappa shape index (κ3) is 8.82. The molecule has 0 radical (unpaired) electrons. The Morgan fingerprint density at radius 3 is 2.02 bits per heavy atom. The van der Waals surface area contributed by atoms with E-state index in [1.807, 2.05) is 49.9 Å². The number of nitro groups is 1. The molecule has 5 heterocycles. The largest absolute Gasteiger partial charge is 0.502 e. The fraction of sp³-hybridized carbons (Fsp3) is 0.500. The number of nitrogens with zero attached hydrogens (tertiary/aromatic N) is 6. The molecule has 4 saturated heterocycles. The molecule has 15 nitrogen and oxygen atoms in total. The summed E-state index contributed by atoms with van der Waals surface area (Å²) >= 11 is 0. The molecule has 8 rings (SSSR count). The normalized spacial score (nSPS) is 21.3. The summed E-state index contributed by atoms with van der Waals surface area (Å²) in [6.45, 7) is 9.12. The Morgan fingerprint density at radius 2 is 1.44 bits per heavy atom. The van der Waals surface area contributed by atoms with Crippen LogP contribution in [0.25, 0.3) is 11.1 Å². The number of carbonyl (C=O) groups is 2. The molecule has 304 valence electrons. The number of phenols is 1. The molecule has 3 amide bonds. The molecule has 0 saturated carbocycles. The highest BCUT2D eigenvalue weighted by molar-refractivity contribution is 5.79. The van der Waals surface area contributed by atoms with E-state index in [1.54, 1.807) is 13.1 Å². The number of amides is 3. The average molecular weight is 784 g/mol. The van der Waals surface area contributed by atoms with Crippen molar-refractivity contribution in [3.63, 3.8) is 0 Å². The number of phenolic OH excluding ortho intramolecular Hbond substituents is 1. The summed E-state index contributed by atoms with van der Waals surface area (Å²) in [6.07, 6.45) is 6.69. The molecule has 4 aliphatic heterocycles. The van der Waals surface area contributed by atoms with Gasteiger partial charge in [0, 0.05) is 69.3 Å². The lowest BCUT2D eigenvalue weighted by Crippen LogP contribution is -2.58. The van der Waals surface area contributed by atoms with Gasteiger partial charge in [0.1, 0.15) is 5.60 Å². The molecule has 3 aromatic carbocycles. The molecule has 0 spiro atoms. The van der Waals surface area contributed by atoms with Crippen molar-refractivity contribution in [1.29, 1.82) is 0 Å². The van der Waals surface area contributed by atoms with E-state index in [0.717, 1.165) is 81.5 Å². The predicted molar refractivity (Wildman–Crippen MR) is 217 cm³/mol. The van der Waals surface area contributed by atoms with Crippen molar-refractivity contribution in [3.05, 3.63) is 93.0 Å². The summed E-state index contributed by atoms with van der Waals surface area (Å²) in [7, 11) is 1.72. The van der Waals surface area contributed by atoms with Gasteiger partial charge < -0.3 is 34.3 Å². The van der Waals surface area contributed by atoms with E-state index in [1.165, 1.54) is 22.3 Å². The van der Waals surface area contributed by atoms with Gasteiger partial charge in [0.25, 0.3) is 0 Å². The van der Waals surface area contributed by atoms with Gasteiger partial charge in [-0.05, 0) is 89.5 Å². The minimum absolute atomic E-state index is 0.0472. The number of hydrogen-bond donors (Lipinski definition) is 2. The van der Waals surface area contributed by atoms with Crippen LogP contribution in [0.15, 0.2) is 75.9 Å². The van der Waals surface area contributed by atoms with E-state index in [4.69, 9.17) is 9.15 Å². The second kappa shape index (κ2) is 16.4. The number of unbranched alkanes of at least 4 members (excludes halogenated alkanes) is 1. The molecule has 4 bridgehead atoms. The van der Waals surface area contributed by atoms with Gasteiger partial charge in [-0.25, -0.2) is 14.4 Å². The van der Waals surface area contributed by atoms with E-state index in [9.17, 15) is 29.6 Å². The molecular formula is C42H53N7O8. The topological polar surface area (TPSA) is 167 Å². The van der Waals surface area contributed by atoms with Crippen molar-refractivity contribution < 1.29 is 28.8 Å². The maximum atomic E-state index is 12.9. The molecule has 15 heteroatoms. The lowest BCUT2D eigenvalue weighted by atomic mass is 10.1. The number of anilines is 2. The van der Waals surface area contributed by atoms with Gasteiger partial charge in [-0.3, -0.25) is 19.6 Å². The molecule has 4 aliphatic rings. The Labute approximate surface area is 331 Å². The third-order valence-corrected chi connectivity index (χ3v) is 11.5. The highest BCUT2D eigenvalue weighted by atomic mass is 16.6. The number of carbonyl (C=O) groups excluding carboxylic acids is 2. The first-order valence-corrected chi connectivity index (χ1v) is 19.9. The number of nitrogens with one attached hydrogen (secondary N) is 1. The second-order valence-corrected chi connectivity index (χ2v) is 16.6. The van der Waals surface area contributed by atoms with Crippen molar-refractivity contribution in [2.24, 2.45) is 7.05 Å². The number of aromatic nitrogens is 1. The van der Waals surface area contributed by atoms with E-state index in [0.29, 0.717) is 18.7 Å².